The average Bonchev–Trinajstić information content (AvgIpc) is 2.23. The normalized spacial score (nSPS) is 21.7. The van der Waals surface area contributed by atoms with Crippen molar-refractivity contribution < 1.29 is 0 Å². The molecule has 20 heavy (non-hydrogen) atoms. The van der Waals surface area contributed by atoms with Crippen LogP contribution < -0.4 is 10.6 Å². The van der Waals surface area contributed by atoms with Gasteiger partial charge in [-0.05, 0) is 58.6 Å². The maximum absolute atomic E-state index is 5.98. The monoisotopic (exact) mass is 296 g/mol. The molecule has 0 spiro atoms. The van der Waals surface area contributed by atoms with Gasteiger partial charge >= 0.3 is 0 Å². The molecule has 112 valence electrons. The molecule has 5 heteroatoms. The lowest BCUT2D eigenvalue weighted by Gasteiger charge is -2.46. The highest BCUT2D eigenvalue weighted by atomic mass is 35.5. The molecule has 0 aromatic carbocycles. The summed E-state index contributed by atoms with van der Waals surface area (Å²) in [6.07, 6.45) is 2.97. The van der Waals surface area contributed by atoms with Gasteiger partial charge < -0.3 is 10.6 Å². The van der Waals surface area contributed by atoms with Crippen LogP contribution in [0.25, 0.3) is 0 Å². The zero-order valence-electron chi connectivity index (χ0n) is 13.0. The smallest absolute Gasteiger partial charge is 0.224 e. The molecule has 1 aliphatic heterocycles. The first-order valence-electron chi connectivity index (χ1n) is 7.28. The standard InChI is InChI=1S/C15H25ClN4/c1-6-10-7-12(19-13(16)18-10)17-11-8-14(2,3)20-15(4,5)9-11/h7,11,20H,6,8-9H2,1-5H3,(H,17,18,19). The Morgan fingerprint density at radius 1 is 1.25 bits per heavy atom. The molecule has 2 rings (SSSR count). The van der Waals surface area contributed by atoms with E-state index in [4.69, 9.17) is 11.6 Å². The predicted molar refractivity (Wildman–Crippen MR) is 84.4 cm³/mol. The van der Waals surface area contributed by atoms with Crippen LogP contribution in [0.1, 0.15) is 53.2 Å². The van der Waals surface area contributed by atoms with E-state index < -0.39 is 0 Å². The predicted octanol–water partition coefficient (Wildman–Crippen LogP) is 3.41. The summed E-state index contributed by atoms with van der Waals surface area (Å²) in [5.41, 5.74) is 1.20. The lowest BCUT2D eigenvalue weighted by atomic mass is 9.79. The van der Waals surface area contributed by atoms with Gasteiger partial charge in [0.1, 0.15) is 5.82 Å². The number of aryl methyl sites for hydroxylation is 1. The van der Waals surface area contributed by atoms with Crippen molar-refractivity contribution in [1.29, 1.82) is 0 Å². The molecule has 0 bridgehead atoms. The summed E-state index contributed by atoms with van der Waals surface area (Å²) in [6, 6.07) is 2.38. The Labute approximate surface area is 126 Å². The van der Waals surface area contributed by atoms with Crippen molar-refractivity contribution in [1.82, 2.24) is 15.3 Å². The topological polar surface area (TPSA) is 49.8 Å². The lowest BCUT2D eigenvalue weighted by Crippen LogP contribution is -2.60. The van der Waals surface area contributed by atoms with Crippen molar-refractivity contribution in [3.05, 3.63) is 17.0 Å². The Kier molecular flexibility index (Phi) is 4.26. The molecule has 1 fully saturated rings. The fourth-order valence-corrected chi connectivity index (χ4v) is 3.55. The first-order valence-corrected chi connectivity index (χ1v) is 7.66. The van der Waals surface area contributed by atoms with Crippen LogP contribution in [0.4, 0.5) is 5.82 Å². The molecule has 2 N–H and O–H groups in total. The number of hydrogen-bond acceptors (Lipinski definition) is 4. The van der Waals surface area contributed by atoms with Gasteiger partial charge in [-0.25, -0.2) is 9.97 Å². The molecule has 2 heterocycles. The Morgan fingerprint density at radius 3 is 2.40 bits per heavy atom. The second-order valence-electron chi connectivity index (χ2n) is 7.01. The van der Waals surface area contributed by atoms with Crippen LogP contribution in [0.3, 0.4) is 0 Å². The van der Waals surface area contributed by atoms with Crippen molar-refractivity contribution in [3.63, 3.8) is 0 Å². The van der Waals surface area contributed by atoms with Gasteiger partial charge in [-0.15, -0.1) is 0 Å². The number of rotatable bonds is 3. The Bertz CT molecular complexity index is 469. The van der Waals surface area contributed by atoms with Gasteiger partial charge in [0.25, 0.3) is 0 Å². The number of nitrogens with zero attached hydrogens (tertiary/aromatic N) is 2. The number of hydrogen-bond donors (Lipinski definition) is 2. The van der Waals surface area contributed by atoms with Crippen molar-refractivity contribution in [2.75, 3.05) is 5.32 Å². The van der Waals surface area contributed by atoms with Gasteiger partial charge in [0.2, 0.25) is 5.28 Å². The third kappa shape index (κ3) is 4.06. The Balaban J connectivity index is 2.15. The molecule has 0 radical (unpaired) electrons. The fourth-order valence-electron chi connectivity index (χ4n) is 3.35. The van der Waals surface area contributed by atoms with Gasteiger partial charge in [-0.2, -0.15) is 0 Å². The molecule has 0 atom stereocenters. The highest BCUT2D eigenvalue weighted by Crippen LogP contribution is 2.30. The maximum Gasteiger partial charge on any atom is 0.224 e. The second-order valence-corrected chi connectivity index (χ2v) is 7.35. The van der Waals surface area contributed by atoms with E-state index in [2.05, 4.69) is 55.2 Å². The second kappa shape index (κ2) is 5.49. The van der Waals surface area contributed by atoms with Crippen molar-refractivity contribution in [2.45, 2.75) is 71.0 Å². The van der Waals surface area contributed by atoms with E-state index in [0.717, 1.165) is 30.8 Å². The van der Waals surface area contributed by atoms with Crippen LogP contribution in [0.15, 0.2) is 6.07 Å². The summed E-state index contributed by atoms with van der Waals surface area (Å²) in [7, 11) is 0. The van der Waals surface area contributed by atoms with Gasteiger partial charge in [0.05, 0.1) is 0 Å². The van der Waals surface area contributed by atoms with Crippen LogP contribution >= 0.6 is 11.6 Å². The number of nitrogens with one attached hydrogen (secondary N) is 2. The maximum atomic E-state index is 5.98. The number of piperidine rings is 1. The van der Waals surface area contributed by atoms with Gasteiger partial charge in [0, 0.05) is 28.9 Å². The average molecular weight is 297 g/mol. The van der Waals surface area contributed by atoms with E-state index in [0.29, 0.717) is 11.3 Å². The molecule has 1 saturated heterocycles. The zero-order valence-corrected chi connectivity index (χ0v) is 13.8. The van der Waals surface area contributed by atoms with E-state index in [1.165, 1.54) is 0 Å². The quantitative estimate of drug-likeness (QED) is 0.839. The Morgan fingerprint density at radius 2 is 1.85 bits per heavy atom. The summed E-state index contributed by atoms with van der Waals surface area (Å²) in [6.45, 7) is 11.0. The van der Waals surface area contributed by atoms with E-state index >= 15 is 0 Å². The summed E-state index contributed by atoms with van der Waals surface area (Å²) in [4.78, 5) is 8.50. The fraction of sp³-hybridized carbons (Fsp3) is 0.733. The number of aromatic nitrogens is 2. The van der Waals surface area contributed by atoms with Crippen LogP contribution in [0, 0.1) is 0 Å². The van der Waals surface area contributed by atoms with Crippen molar-refractivity contribution >= 4 is 17.4 Å². The SMILES string of the molecule is CCc1cc(NC2CC(C)(C)NC(C)(C)C2)nc(Cl)n1. The minimum atomic E-state index is 0.115. The van der Waals surface area contributed by atoms with Crippen LogP contribution in [-0.4, -0.2) is 27.1 Å². The number of anilines is 1. The van der Waals surface area contributed by atoms with Crippen LogP contribution in [-0.2, 0) is 6.42 Å². The van der Waals surface area contributed by atoms with E-state index in [1.807, 2.05) is 6.07 Å². The zero-order chi connectivity index (χ0) is 15.0. The summed E-state index contributed by atoms with van der Waals surface area (Å²) in [5.74, 6) is 0.834. The van der Waals surface area contributed by atoms with Crippen LogP contribution in [0.5, 0.6) is 0 Å². The van der Waals surface area contributed by atoms with E-state index in [-0.39, 0.29) is 11.1 Å². The summed E-state index contributed by atoms with van der Waals surface area (Å²) in [5, 5.41) is 7.53. The first kappa shape index (κ1) is 15.5. The van der Waals surface area contributed by atoms with Gasteiger partial charge in [-0.3, -0.25) is 0 Å². The highest BCUT2D eigenvalue weighted by Gasteiger charge is 2.37. The molecular weight excluding hydrogens is 272 g/mol. The third-order valence-corrected chi connectivity index (χ3v) is 3.83. The molecular formula is C15H25ClN4. The van der Waals surface area contributed by atoms with Crippen LogP contribution in [0.2, 0.25) is 5.28 Å². The molecule has 1 aromatic heterocycles. The minimum absolute atomic E-state index is 0.115. The first-order chi connectivity index (χ1) is 9.19. The van der Waals surface area contributed by atoms with Gasteiger partial charge in [-0.1, -0.05) is 6.92 Å². The largest absolute Gasteiger partial charge is 0.367 e. The minimum Gasteiger partial charge on any atom is -0.367 e. The molecule has 0 unspecified atom stereocenters. The molecule has 4 nitrogen and oxygen atoms in total. The van der Waals surface area contributed by atoms with Crippen molar-refractivity contribution in [2.24, 2.45) is 0 Å². The van der Waals surface area contributed by atoms with Gasteiger partial charge in [0.15, 0.2) is 0 Å². The highest BCUT2D eigenvalue weighted by molar-refractivity contribution is 6.28. The van der Waals surface area contributed by atoms with E-state index in [1.54, 1.807) is 0 Å². The molecule has 0 amide bonds. The summed E-state index contributed by atoms with van der Waals surface area (Å²) < 4.78 is 0. The lowest BCUT2D eigenvalue weighted by molar-refractivity contribution is 0.170. The molecule has 0 aliphatic carbocycles. The Hall–Kier alpha value is -0.870. The molecule has 0 saturated carbocycles. The summed E-state index contributed by atoms with van der Waals surface area (Å²) >= 11 is 5.98. The van der Waals surface area contributed by atoms with Crippen molar-refractivity contribution in [3.8, 4) is 0 Å². The molecule has 1 aromatic rings. The molecule has 1 aliphatic rings. The third-order valence-electron chi connectivity index (χ3n) is 3.66. The van der Waals surface area contributed by atoms with E-state index in [9.17, 15) is 0 Å². The number of halogens is 1.